The van der Waals surface area contributed by atoms with Crippen molar-refractivity contribution in [2.45, 2.75) is 56.3 Å². The van der Waals surface area contributed by atoms with Crippen LogP contribution in [0.4, 0.5) is 4.39 Å². The Morgan fingerprint density at radius 1 is 1.17 bits per heavy atom. The average Bonchev–Trinajstić information content (AvgIpc) is 3.59. The lowest BCUT2D eigenvalue weighted by Gasteiger charge is -2.26. The zero-order valence-corrected chi connectivity index (χ0v) is 20.1. The third kappa shape index (κ3) is 6.66. The Morgan fingerprint density at radius 2 is 1.94 bits per heavy atom. The first-order valence-electron chi connectivity index (χ1n) is 12.3. The van der Waals surface area contributed by atoms with Gasteiger partial charge in [0.05, 0.1) is 30.4 Å². The van der Waals surface area contributed by atoms with Crippen molar-refractivity contribution >= 4 is 11.8 Å². The monoisotopic (exact) mass is 483 g/mol. The molecule has 1 aliphatic carbocycles. The molecule has 2 amide bonds. The lowest BCUT2D eigenvalue weighted by atomic mass is 10.00. The highest BCUT2D eigenvalue weighted by molar-refractivity contribution is 6.00. The minimum atomic E-state index is -0.805. The van der Waals surface area contributed by atoms with E-state index in [-0.39, 0.29) is 17.2 Å². The van der Waals surface area contributed by atoms with Crippen LogP contribution in [0.5, 0.6) is 0 Å². The van der Waals surface area contributed by atoms with Gasteiger partial charge in [-0.25, -0.2) is 4.39 Å². The van der Waals surface area contributed by atoms with Crippen molar-refractivity contribution in [3.8, 4) is 0 Å². The minimum absolute atomic E-state index is 0.103. The molecule has 1 saturated heterocycles. The van der Waals surface area contributed by atoms with Gasteiger partial charge in [0.15, 0.2) is 0 Å². The van der Waals surface area contributed by atoms with Crippen molar-refractivity contribution in [1.29, 1.82) is 0 Å². The van der Waals surface area contributed by atoms with Crippen LogP contribution < -0.4 is 10.6 Å². The molecule has 35 heavy (non-hydrogen) atoms. The molecular weight excluding hydrogens is 449 g/mol. The van der Waals surface area contributed by atoms with Crippen LogP contribution >= 0.6 is 0 Å². The molecule has 188 valence electrons. The van der Waals surface area contributed by atoms with Crippen molar-refractivity contribution in [3.63, 3.8) is 0 Å². The molecule has 1 heterocycles. The molecule has 0 spiro atoms. The molecular formula is C27H34FN3O4. The van der Waals surface area contributed by atoms with Crippen molar-refractivity contribution in [3.05, 3.63) is 71.0 Å². The number of methoxy groups -OCH3 is 1. The molecule has 1 saturated carbocycles. The zero-order chi connectivity index (χ0) is 24.8. The molecule has 2 fully saturated rings. The van der Waals surface area contributed by atoms with Gasteiger partial charge in [-0.05, 0) is 55.9 Å². The second kappa shape index (κ2) is 11.7. The van der Waals surface area contributed by atoms with Crippen molar-refractivity contribution in [2.75, 3.05) is 26.8 Å². The standard InChI is InChI=1S/C27H34FN3O4/c1-35-17-21-8-5-13-31(21)27(34)22-15-19(9-12-23(22)28)26(33)30-24(14-18-6-3-2-4-7-18)25(32)16-29-20-10-11-20/h2-4,6-7,9,12,15,20-21,24-25,29,32H,5,8,10-11,13-14,16-17H2,1H3,(H,30,33)/t21-,24+,25-/m1/s1. The molecule has 0 bridgehead atoms. The number of amides is 2. The summed E-state index contributed by atoms with van der Waals surface area (Å²) >= 11 is 0. The lowest BCUT2D eigenvalue weighted by Crippen LogP contribution is -2.49. The van der Waals surface area contributed by atoms with E-state index in [9.17, 15) is 19.1 Å². The second-order valence-corrected chi connectivity index (χ2v) is 9.46. The van der Waals surface area contributed by atoms with Gasteiger partial charge in [-0.1, -0.05) is 30.3 Å². The summed E-state index contributed by atoms with van der Waals surface area (Å²) < 4.78 is 19.9. The predicted octanol–water partition coefficient (Wildman–Crippen LogP) is 2.53. The second-order valence-electron chi connectivity index (χ2n) is 9.46. The van der Waals surface area contributed by atoms with Gasteiger partial charge in [0.2, 0.25) is 0 Å². The van der Waals surface area contributed by atoms with Crippen LogP contribution in [-0.4, -0.2) is 72.9 Å². The van der Waals surface area contributed by atoms with Gasteiger partial charge < -0.3 is 25.4 Å². The van der Waals surface area contributed by atoms with Crippen LogP contribution in [0.1, 0.15) is 52.0 Å². The number of aliphatic hydroxyl groups excluding tert-OH is 1. The highest BCUT2D eigenvalue weighted by atomic mass is 19.1. The van der Waals surface area contributed by atoms with Crippen LogP contribution in [-0.2, 0) is 11.2 Å². The number of hydrogen-bond acceptors (Lipinski definition) is 5. The summed E-state index contributed by atoms with van der Waals surface area (Å²) in [6.45, 7) is 1.29. The fourth-order valence-corrected chi connectivity index (χ4v) is 4.57. The van der Waals surface area contributed by atoms with E-state index in [0.29, 0.717) is 32.2 Å². The van der Waals surface area contributed by atoms with E-state index in [4.69, 9.17) is 4.74 Å². The number of likely N-dealkylation sites (tertiary alicyclic amines) is 1. The molecule has 4 rings (SSSR count). The summed E-state index contributed by atoms with van der Waals surface area (Å²) in [6, 6.07) is 13.2. The largest absolute Gasteiger partial charge is 0.390 e. The topological polar surface area (TPSA) is 90.9 Å². The summed E-state index contributed by atoms with van der Waals surface area (Å²) in [5.74, 6) is -1.56. The van der Waals surface area contributed by atoms with Crippen molar-refractivity contribution in [2.24, 2.45) is 0 Å². The fourth-order valence-electron chi connectivity index (χ4n) is 4.57. The maximum Gasteiger partial charge on any atom is 0.257 e. The number of benzene rings is 2. The van der Waals surface area contributed by atoms with Gasteiger partial charge >= 0.3 is 0 Å². The highest BCUT2D eigenvalue weighted by Crippen LogP contribution is 2.23. The van der Waals surface area contributed by atoms with E-state index in [1.54, 1.807) is 12.0 Å². The number of nitrogens with zero attached hydrogens (tertiary/aromatic N) is 1. The molecule has 3 N–H and O–H groups in total. The molecule has 0 radical (unpaired) electrons. The van der Waals surface area contributed by atoms with Gasteiger partial charge in [0.25, 0.3) is 11.8 Å². The van der Waals surface area contributed by atoms with Crippen LogP contribution in [0.2, 0.25) is 0 Å². The van der Waals surface area contributed by atoms with E-state index in [2.05, 4.69) is 10.6 Å². The van der Waals surface area contributed by atoms with Gasteiger partial charge in [-0.2, -0.15) is 0 Å². The number of ether oxygens (including phenoxy) is 1. The maximum atomic E-state index is 14.7. The van der Waals surface area contributed by atoms with Crippen molar-refractivity contribution < 1.29 is 23.8 Å². The molecule has 2 aromatic carbocycles. The molecule has 3 atom stereocenters. The quantitative estimate of drug-likeness (QED) is 0.457. The van der Waals surface area contributed by atoms with E-state index in [0.717, 1.165) is 37.3 Å². The number of carbonyl (C=O) groups excluding carboxylic acids is 2. The van der Waals surface area contributed by atoms with E-state index in [1.807, 2.05) is 30.3 Å². The maximum absolute atomic E-state index is 14.7. The molecule has 2 aromatic rings. The number of carbonyl (C=O) groups is 2. The number of halogens is 1. The Labute approximate surface area is 205 Å². The Morgan fingerprint density at radius 3 is 2.66 bits per heavy atom. The summed E-state index contributed by atoms with van der Waals surface area (Å²) in [4.78, 5) is 27.9. The SMILES string of the molecule is COC[C@H]1CCCN1C(=O)c1cc(C(=O)N[C@@H](Cc2ccccc2)[C@H](O)CNC2CC2)ccc1F. The van der Waals surface area contributed by atoms with Crippen molar-refractivity contribution in [1.82, 2.24) is 15.5 Å². The normalized spacial score (nSPS) is 19.4. The summed E-state index contributed by atoms with van der Waals surface area (Å²) in [6.07, 6.45) is 3.46. The third-order valence-corrected chi connectivity index (χ3v) is 6.73. The first-order chi connectivity index (χ1) is 17.0. The van der Waals surface area contributed by atoms with E-state index < -0.39 is 29.8 Å². The van der Waals surface area contributed by atoms with Gasteiger partial charge in [0.1, 0.15) is 5.82 Å². The molecule has 2 aliphatic rings. The fraction of sp³-hybridized carbons (Fsp3) is 0.481. The first kappa shape index (κ1) is 25.3. The van der Waals surface area contributed by atoms with Gasteiger partial charge in [0, 0.05) is 31.8 Å². The minimum Gasteiger partial charge on any atom is -0.390 e. The van der Waals surface area contributed by atoms with Gasteiger partial charge in [-0.15, -0.1) is 0 Å². The number of aliphatic hydroxyl groups is 1. The third-order valence-electron chi connectivity index (χ3n) is 6.73. The highest BCUT2D eigenvalue weighted by Gasteiger charge is 2.31. The van der Waals surface area contributed by atoms with Gasteiger partial charge in [-0.3, -0.25) is 9.59 Å². The molecule has 7 nitrogen and oxygen atoms in total. The summed E-state index contributed by atoms with van der Waals surface area (Å²) in [5.41, 5.74) is 1.03. The Kier molecular flexibility index (Phi) is 8.49. The smallest absolute Gasteiger partial charge is 0.257 e. The van der Waals surface area contributed by atoms with Crippen LogP contribution in [0, 0.1) is 5.82 Å². The molecule has 1 aliphatic heterocycles. The molecule has 0 aromatic heterocycles. The number of hydrogen-bond donors (Lipinski definition) is 3. The first-order valence-corrected chi connectivity index (χ1v) is 12.3. The average molecular weight is 484 g/mol. The van der Waals surface area contributed by atoms with Crippen LogP contribution in [0.15, 0.2) is 48.5 Å². The van der Waals surface area contributed by atoms with E-state index >= 15 is 0 Å². The molecule has 8 heteroatoms. The lowest BCUT2D eigenvalue weighted by molar-refractivity contribution is 0.0626. The summed E-state index contributed by atoms with van der Waals surface area (Å²) in [5, 5.41) is 17.1. The molecule has 0 unspecified atom stereocenters. The zero-order valence-electron chi connectivity index (χ0n) is 20.1. The predicted molar refractivity (Wildman–Crippen MR) is 131 cm³/mol. The van der Waals surface area contributed by atoms with Crippen LogP contribution in [0.3, 0.4) is 0 Å². The summed E-state index contributed by atoms with van der Waals surface area (Å²) in [7, 11) is 1.58. The van der Waals surface area contributed by atoms with Crippen LogP contribution in [0.25, 0.3) is 0 Å². The number of rotatable bonds is 11. The number of nitrogens with one attached hydrogen (secondary N) is 2. The Bertz CT molecular complexity index is 1010. The Balaban J connectivity index is 1.49. The van der Waals surface area contributed by atoms with E-state index in [1.165, 1.54) is 12.1 Å². The Hall–Kier alpha value is -2.81.